The molecule has 0 atom stereocenters. The summed E-state index contributed by atoms with van der Waals surface area (Å²) in [5, 5.41) is 0. The highest BCUT2D eigenvalue weighted by atomic mass is 35.5. The van der Waals surface area contributed by atoms with E-state index in [0.29, 0.717) is 0 Å². The van der Waals surface area contributed by atoms with Crippen LogP contribution in [0.1, 0.15) is 162 Å². The topological polar surface area (TPSA) is 26.0 Å². The van der Waals surface area contributed by atoms with E-state index in [0.717, 1.165) is 0 Å². The molecule has 0 radical (unpaired) electrons. The van der Waals surface area contributed by atoms with Gasteiger partial charge in [0.1, 0.15) is 0 Å². The first-order valence-electron chi connectivity index (χ1n) is 13.0. The quantitative estimate of drug-likeness (QED) is 0.174. The van der Waals surface area contributed by atoms with Crippen molar-refractivity contribution in [2.75, 3.05) is 0 Å². The first-order valence-corrected chi connectivity index (χ1v) is 13.0. The zero-order chi connectivity index (χ0) is 20.1. The maximum atomic E-state index is 6.94. The molecule has 0 rings (SSSR count). The van der Waals surface area contributed by atoms with E-state index < -0.39 is 0 Å². The molecule has 2 N–H and O–H groups in total. The second kappa shape index (κ2) is 23.5. The fourth-order valence-electron chi connectivity index (χ4n) is 4.32. The number of nitrogens with two attached hydrogens (primary N) is 1. The third-order valence-corrected chi connectivity index (χ3v) is 6.33. The Balaban J connectivity index is 0. The highest BCUT2D eigenvalue weighted by Gasteiger charge is 2.23. The van der Waals surface area contributed by atoms with E-state index in [1.165, 1.54) is 141 Å². The van der Waals surface area contributed by atoms with Gasteiger partial charge in [0, 0.05) is 5.54 Å². The summed E-state index contributed by atoms with van der Waals surface area (Å²) >= 11 is 0. The zero-order valence-electron chi connectivity index (χ0n) is 20.0. The van der Waals surface area contributed by atoms with Crippen molar-refractivity contribution in [2.24, 2.45) is 5.73 Å². The van der Waals surface area contributed by atoms with Crippen molar-refractivity contribution in [3.63, 3.8) is 0 Å². The van der Waals surface area contributed by atoms with Crippen molar-refractivity contribution < 1.29 is 0 Å². The van der Waals surface area contributed by atoms with Gasteiger partial charge >= 0.3 is 0 Å². The van der Waals surface area contributed by atoms with Crippen LogP contribution in [0, 0.1) is 0 Å². The maximum absolute atomic E-state index is 6.94. The Hall–Kier alpha value is 0.250. The van der Waals surface area contributed by atoms with Crippen LogP contribution < -0.4 is 5.73 Å². The summed E-state index contributed by atoms with van der Waals surface area (Å²) in [5.74, 6) is 0. The maximum Gasteiger partial charge on any atom is 0.0154 e. The Labute approximate surface area is 185 Å². The number of hydrogen-bond acceptors (Lipinski definition) is 1. The molecule has 0 saturated carbocycles. The first kappa shape index (κ1) is 30.4. The average Bonchev–Trinajstić information content (AvgIpc) is 2.67. The zero-order valence-corrected chi connectivity index (χ0v) is 20.9. The summed E-state index contributed by atoms with van der Waals surface area (Å²) in [6.45, 7) is 6.90. The highest BCUT2D eigenvalue weighted by Crippen LogP contribution is 2.27. The van der Waals surface area contributed by atoms with E-state index in [1.54, 1.807) is 0 Å². The van der Waals surface area contributed by atoms with Crippen molar-refractivity contribution >= 4 is 12.4 Å². The summed E-state index contributed by atoms with van der Waals surface area (Å²) in [5.41, 5.74) is 7.08. The smallest absolute Gasteiger partial charge is 0.0154 e. The van der Waals surface area contributed by atoms with E-state index in [1.807, 2.05) is 0 Å². The predicted octanol–water partition coefficient (Wildman–Crippen LogP) is 9.75. The van der Waals surface area contributed by atoms with Gasteiger partial charge in [-0.1, -0.05) is 143 Å². The third-order valence-electron chi connectivity index (χ3n) is 6.33. The van der Waals surface area contributed by atoms with Crippen molar-refractivity contribution in [1.82, 2.24) is 0 Å². The highest BCUT2D eigenvalue weighted by molar-refractivity contribution is 5.85. The molecule has 0 spiro atoms. The van der Waals surface area contributed by atoms with Gasteiger partial charge in [-0.3, -0.25) is 0 Å². The van der Waals surface area contributed by atoms with Crippen molar-refractivity contribution in [3.8, 4) is 0 Å². The van der Waals surface area contributed by atoms with E-state index in [4.69, 9.17) is 5.73 Å². The molecular formula is C26H56ClN. The molecule has 0 bridgehead atoms. The van der Waals surface area contributed by atoms with Crippen LogP contribution in [0.2, 0.25) is 0 Å². The van der Waals surface area contributed by atoms with Gasteiger partial charge in [-0.25, -0.2) is 0 Å². The Morgan fingerprint density at radius 2 is 0.607 bits per heavy atom. The number of halogens is 1. The van der Waals surface area contributed by atoms with Crippen LogP contribution in [-0.4, -0.2) is 5.54 Å². The molecule has 0 heterocycles. The summed E-state index contributed by atoms with van der Waals surface area (Å²) in [6.07, 6.45) is 30.3. The molecular weight excluding hydrogens is 362 g/mol. The SMILES string of the molecule is CCCCCCCCCC(N)(CCCCCCCC)CCCCCCCC.Cl. The summed E-state index contributed by atoms with van der Waals surface area (Å²) < 4.78 is 0. The van der Waals surface area contributed by atoms with Gasteiger partial charge in [-0.05, 0) is 19.3 Å². The van der Waals surface area contributed by atoms with Crippen LogP contribution in [0.5, 0.6) is 0 Å². The van der Waals surface area contributed by atoms with Crippen LogP contribution >= 0.6 is 12.4 Å². The fraction of sp³-hybridized carbons (Fsp3) is 1.00. The van der Waals surface area contributed by atoms with Gasteiger partial charge < -0.3 is 5.73 Å². The molecule has 1 nitrogen and oxygen atoms in total. The standard InChI is InChI=1S/C26H55N.ClH/c1-4-7-10-13-16-19-22-25-26(27,23-20-17-14-11-8-5-2)24-21-18-15-12-9-6-3;/h4-25,27H2,1-3H3;1H. The van der Waals surface area contributed by atoms with Gasteiger partial charge in [0.2, 0.25) is 0 Å². The van der Waals surface area contributed by atoms with Crippen molar-refractivity contribution in [2.45, 2.75) is 168 Å². The normalized spacial score (nSPS) is 11.6. The minimum absolute atomic E-state index is 0. The van der Waals surface area contributed by atoms with Gasteiger partial charge in [-0.2, -0.15) is 0 Å². The van der Waals surface area contributed by atoms with E-state index in [-0.39, 0.29) is 17.9 Å². The van der Waals surface area contributed by atoms with Crippen LogP contribution in [-0.2, 0) is 0 Å². The van der Waals surface area contributed by atoms with Gasteiger partial charge in [0.25, 0.3) is 0 Å². The molecule has 0 aliphatic heterocycles. The summed E-state index contributed by atoms with van der Waals surface area (Å²) in [6, 6.07) is 0. The molecule has 0 aromatic carbocycles. The van der Waals surface area contributed by atoms with Crippen LogP contribution in [0.4, 0.5) is 0 Å². The second-order valence-corrected chi connectivity index (χ2v) is 9.27. The van der Waals surface area contributed by atoms with Gasteiger partial charge in [0.15, 0.2) is 0 Å². The number of hydrogen-bond donors (Lipinski definition) is 1. The average molecular weight is 418 g/mol. The Morgan fingerprint density at radius 1 is 0.393 bits per heavy atom. The molecule has 0 amide bonds. The monoisotopic (exact) mass is 417 g/mol. The molecule has 0 unspecified atom stereocenters. The first-order chi connectivity index (χ1) is 13.2. The molecule has 0 aliphatic rings. The molecule has 0 aromatic rings. The van der Waals surface area contributed by atoms with Crippen molar-refractivity contribution in [3.05, 3.63) is 0 Å². The molecule has 0 aromatic heterocycles. The van der Waals surface area contributed by atoms with Crippen LogP contribution in [0.3, 0.4) is 0 Å². The Morgan fingerprint density at radius 3 is 0.857 bits per heavy atom. The van der Waals surface area contributed by atoms with Gasteiger partial charge in [-0.15, -0.1) is 12.4 Å². The van der Waals surface area contributed by atoms with Crippen LogP contribution in [0.15, 0.2) is 0 Å². The summed E-state index contributed by atoms with van der Waals surface area (Å²) in [4.78, 5) is 0. The summed E-state index contributed by atoms with van der Waals surface area (Å²) in [7, 11) is 0. The lowest BCUT2D eigenvalue weighted by Crippen LogP contribution is -2.39. The number of unbranched alkanes of at least 4 members (excludes halogenated alkanes) is 16. The molecule has 0 aliphatic carbocycles. The Bertz CT molecular complexity index is 264. The molecule has 0 fully saturated rings. The molecule has 2 heteroatoms. The van der Waals surface area contributed by atoms with Gasteiger partial charge in [0.05, 0.1) is 0 Å². The van der Waals surface area contributed by atoms with Crippen LogP contribution in [0.25, 0.3) is 0 Å². The van der Waals surface area contributed by atoms with E-state index >= 15 is 0 Å². The Kier molecular flexibility index (Phi) is 25.6. The fourth-order valence-corrected chi connectivity index (χ4v) is 4.32. The van der Waals surface area contributed by atoms with Crippen molar-refractivity contribution in [1.29, 1.82) is 0 Å². The van der Waals surface area contributed by atoms with E-state index in [2.05, 4.69) is 20.8 Å². The lowest BCUT2D eigenvalue weighted by Gasteiger charge is -2.30. The number of rotatable bonds is 22. The largest absolute Gasteiger partial charge is 0.325 e. The van der Waals surface area contributed by atoms with E-state index in [9.17, 15) is 0 Å². The third kappa shape index (κ3) is 21.0. The predicted molar refractivity (Wildman–Crippen MR) is 133 cm³/mol. The minimum Gasteiger partial charge on any atom is -0.325 e. The lowest BCUT2D eigenvalue weighted by molar-refractivity contribution is 0.302. The second-order valence-electron chi connectivity index (χ2n) is 9.27. The molecule has 0 saturated heterocycles. The lowest BCUT2D eigenvalue weighted by atomic mass is 9.82. The molecule has 28 heavy (non-hydrogen) atoms. The molecule has 172 valence electrons. The minimum atomic E-state index is 0.